The lowest BCUT2D eigenvalue weighted by molar-refractivity contribution is -0.870. The molecule has 0 rings (SSSR count). The quantitative estimate of drug-likeness (QED) is 0.0409. The lowest BCUT2D eigenvalue weighted by atomic mass is 10.0. The van der Waals surface area contributed by atoms with Crippen molar-refractivity contribution in [1.82, 2.24) is 5.32 Å². The summed E-state index contributed by atoms with van der Waals surface area (Å²) in [5.41, 5.74) is 0. The van der Waals surface area contributed by atoms with Gasteiger partial charge < -0.3 is 19.8 Å². The minimum atomic E-state index is -4.29. The van der Waals surface area contributed by atoms with Crippen LogP contribution in [0.2, 0.25) is 0 Å². The van der Waals surface area contributed by atoms with Gasteiger partial charge in [-0.3, -0.25) is 13.8 Å². The number of aliphatic hydroxyl groups excluding tert-OH is 1. The summed E-state index contributed by atoms with van der Waals surface area (Å²) in [7, 11) is 1.62. The van der Waals surface area contributed by atoms with E-state index in [0.29, 0.717) is 23.9 Å². The molecule has 0 aliphatic heterocycles. The summed E-state index contributed by atoms with van der Waals surface area (Å²) in [6, 6.07) is -0.748. The van der Waals surface area contributed by atoms with Gasteiger partial charge in [0.1, 0.15) is 13.2 Å². The van der Waals surface area contributed by atoms with Gasteiger partial charge in [-0.15, -0.1) is 0 Å². The molecule has 0 saturated heterocycles. The summed E-state index contributed by atoms with van der Waals surface area (Å²) in [5.74, 6) is -0.149. The van der Waals surface area contributed by atoms with Gasteiger partial charge in [0, 0.05) is 6.42 Å². The van der Waals surface area contributed by atoms with Gasteiger partial charge in [-0.05, 0) is 12.8 Å². The number of carbonyl (C=O) groups is 1. The summed E-state index contributed by atoms with van der Waals surface area (Å²) < 4.78 is 23.4. The van der Waals surface area contributed by atoms with Crippen molar-refractivity contribution in [2.45, 2.75) is 167 Å². The van der Waals surface area contributed by atoms with Gasteiger partial charge >= 0.3 is 7.82 Å². The van der Waals surface area contributed by atoms with Crippen molar-refractivity contribution in [2.75, 3.05) is 40.9 Å². The van der Waals surface area contributed by atoms with Crippen LogP contribution in [0.4, 0.5) is 0 Å². The second-order valence-electron chi connectivity index (χ2n) is 13.3. The number of quaternary nitrogens is 1. The lowest BCUT2D eigenvalue weighted by Crippen LogP contribution is -2.46. The van der Waals surface area contributed by atoms with Gasteiger partial charge in [0.05, 0.1) is 39.9 Å². The molecule has 9 heteroatoms. The van der Waals surface area contributed by atoms with Gasteiger partial charge in [0.25, 0.3) is 0 Å². The molecule has 8 nitrogen and oxygen atoms in total. The summed E-state index contributed by atoms with van der Waals surface area (Å²) in [4.78, 5) is 22.9. The van der Waals surface area contributed by atoms with Crippen molar-refractivity contribution >= 4 is 13.7 Å². The lowest BCUT2D eigenvalue weighted by Gasteiger charge is -2.26. The topological polar surface area (TPSA) is 105 Å². The number of nitrogens with one attached hydrogen (secondary N) is 1. The van der Waals surface area contributed by atoms with Crippen LogP contribution in [-0.2, 0) is 18.4 Å². The van der Waals surface area contributed by atoms with Gasteiger partial charge in [-0.2, -0.15) is 0 Å². The number of phosphoric acid groups is 1. The van der Waals surface area contributed by atoms with E-state index in [2.05, 4.69) is 19.2 Å². The highest BCUT2D eigenvalue weighted by molar-refractivity contribution is 7.47. The third kappa shape index (κ3) is 28.3. The van der Waals surface area contributed by atoms with Crippen molar-refractivity contribution in [3.63, 3.8) is 0 Å². The number of likely N-dealkylation sites (N-methyl/N-ethyl adjacent to an activating group) is 1. The van der Waals surface area contributed by atoms with Crippen molar-refractivity contribution in [2.24, 2.45) is 0 Å². The summed E-state index contributed by atoms with van der Waals surface area (Å²) in [6.45, 7) is 4.83. The van der Waals surface area contributed by atoms with Crippen LogP contribution >= 0.6 is 7.82 Å². The summed E-state index contributed by atoms with van der Waals surface area (Å²) in [6.07, 6.45) is 24.1. The third-order valence-corrected chi connectivity index (χ3v) is 8.84. The molecule has 3 unspecified atom stereocenters. The number of hydrogen-bond acceptors (Lipinski definition) is 5. The standard InChI is InChI=1S/C33H69N2O6P/c1-6-8-10-12-14-16-17-19-21-23-25-27-33(37)34-31(30-41-42(38,39)40-29-28-35(3,4)5)32(36)26-24-22-20-18-15-13-11-9-7-2/h31-32,36H,6-30H2,1-5H3,(H-,34,37,38,39)/p+1. The Balaban J connectivity index is 4.51. The molecule has 0 saturated carbocycles. The zero-order valence-corrected chi connectivity index (χ0v) is 29.1. The normalized spacial score (nSPS) is 14.9. The molecule has 0 aromatic heterocycles. The molecular weight excluding hydrogens is 551 g/mol. The van der Waals surface area contributed by atoms with E-state index in [1.165, 1.54) is 89.9 Å². The van der Waals surface area contributed by atoms with Crippen molar-refractivity contribution in [3.8, 4) is 0 Å². The Morgan fingerprint density at radius 1 is 0.714 bits per heavy atom. The van der Waals surface area contributed by atoms with Crippen molar-refractivity contribution in [3.05, 3.63) is 0 Å². The average Bonchev–Trinajstić information content (AvgIpc) is 2.92. The molecule has 1 amide bonds. The maximum absolute atomic E-state index is 12.7. The zero-order valence-electron chi connectivity index (χ0n) is 28.3. The number of amides is 1. The van der Waals surface area contributed by atoms with E-state index in [1.807, 2.05) is 21.1 Å². The smallest absolute Gasteiger partial charge is 0.391 e. The fourth-order valence-electron chi connectivity index (χ4n) is 4.98. The van der Waals surface area contributed by atoms with E-state index in [0.717, 1.165) is 38.5 Å². The van der Waals surface area contributed by atoms with Crippen LogP contribution < -0.4 is 5.32 Å². The monoisotopic (exact) mass is 621 g/mol. The van der Waals surface area contributed by atoms with Gasteiger partial charge in [0.15, 0.2) is 0 Å². The highest BCUT2D eigenvalue weighted by Crippen LogP contribution is 2.43. The van der Waals surface area contributed by atoms with Gasteiger partial charge in [-0.25, -0.2) is 4.57 Å². The second kappa shape index (κ2) is 26.9. The summed E-state index contributed by atoms with van der Waals surface area (Å²) in [5, 5.41) is 13.8. The van der Waals surface area contributed by atoms with Crippen LogP contribution in [0.1, 0.15) is 155 Å². The van der Waals surface area contributed by atoms with E-state index in [4.69, 9.17) is 9.05 Å². The largest absolute Gasteiger partial charge is 0.472 e. The number of hydrogen-bond donors (Lipinski definition) is 3. The predicted molar refractivity (Wildman–Crippen MR) is 175 cm³/mol. The second-order valence-corrected chi connectivity index (χ2v) is 14.7. The Morgan fingerprint density at radius 3 is 1.60 bits per heavy atom. The van der Waals surface area contributed by atoms with Crippen LogP contribution in [0.3, 0.4) is 0 Å². The van der Waals surface area contributed by atoms with E-state index in [9.17, 15) is 19.4 Å². The van der Waals surface area contributed by atoms with Gasteiger partial charge in [-0.1, -0.05) is 136 Å². The highest BCUT2D eigenvalue weighted by atomic mass is 31.2. The van der Waals surface area contributed by atoms with Crippen molar-refractivity contribution in [1.29, 1.82) is 0 Å². The zero-order chi connectivity index (χ0) is 31.5. The predicted octanol–water partition coefficient (Wildman–Crippen LogP) is 8.29. The van der Waals surface area contributed by atoms with E-state index >= 15 is 0 Å². The van der Waals surface area contributed by atoms with E-state index in [1.54, 1.807) is 0 Å². The Kier molecular flexibility index (Phi) is 26.5. The number of phosphoric ester groups is 1. The first-order valence-electron chi connectivity index (χ1n) is 17.4. The first kappa shape index (κ1) is 41.5. The van der Waals surface area contributed by atoms with Crippen LogP contribution in [0, 0.1) is 0 Å². The van der Waals surface area contributed by atoms with Gasteiger partial charge in [0.2, 0.25) is 5.91 Å². The minimum Gasteiger partial charge on any atom is -0.391 e. The molecule has 3 atom stereocenters. The van der Waals surface area contributed by atoms with Crippen LogP contribution in [0.25, 0.3) is 0 Å². The SMILES string of the molecule is CCCCCCCCCCCCCC(=O)NC(COP(=O)(O)OCC[N+](C)(C)C)C(O)CCCCCCCCCCC. The minimum absolute atomic E-state index is 0.0775. The molecule has 0 aliphatic rings. The number of unbranched alkanes of at least 4 members (excludes halogenated alkanes) is 18. The molecule has 252 valence electrons. The molecule has 3 N–H and O–H groups in total. The third-order valence-electron chi connectivity index (χ3n) is 7.86. The Labute approximate surface area is 259 Å². The first-order chi connectivity index (χ1) is 20.0. The van der Waals surface area contributed by atoms with E-state index in [-0.39, 0.29) is 19.1 Å². The number of aliphatic hydroxyl groups is 1. The molecule has 42 heavy (non-hydrogen) atoms. The molecule has 0 fully saturated rings. The molecule has 0 aromatic carbocycles. The maximum Gasteiger partial charge on any atom is 0.472 e. The number of carbonyl (C=O) groups excluding carboxylic acids is 1. The number of rotatable bonds is 31. The Hall–Kier alpha value is -0.500. The summed E-state index contributed by atoms with van der Waals surface area (Å²) >= 11 is 0. The molecule has 0 bridgehead atoms. The van der Waals surface area contributed by atoms with Crippen LogP contribution in [-0.4, -0.2) is 73.4 Å². The number of nitrogens with zero attached hydrogens (tertiary/aromatic N) is 1. The highest BCUT2D eigenvalue weighted by Gasteiger charge is 2.28. The molecule has 0 aromatic rings. The molecular formula is C33H70N2O6P+. The molecule has 0 spiro atoms. The first-order valence-corrected chi connectivity index (χ1v) is 18.9. The van der Waals surface area contributed by atoms with E-state index < -0.39 is 20.0 Å². The Morgan fingerprint density at radius 2 is 1.14 bits per heavy atom. The average molecular weight is 622 g/mol. The fourth-order valence-corrected chi connectivity index (χ4v) is 5.72. The molecule has 0 heterocycles. The fraction of sp³-hybridized carbons (Fsp3) is 0.970. The van der Waals surface area contributed by atoms with Crippen LogP contribution in [0.5, 0.6) is 0 Å². The maximum atomic E-state index is 12.7. The van der Waals surface area contributed by atoms with Crippen molar-refractivity contribution < 1.29 is 32.9 Å². The van der Waals surface area contributed by atoms with Crippen LogP contribution in [0.15, 0.2) is 0 Å². The Bertz CT molecular complexity index is 673. The molecule has 0 aliphatic carbocycles. The molecule has 0 radical (unpaired) electrons.